The van der Waals surface area contributed by atoms with E-state index in [4.69, 9.17) is 20.8 Å². The van der Waals surface area contributed by atoms with E-state index < -0.39 is 0 Å². The van der Waals surface area contributed by atoms with Crippen molar-refractivity contribution in [2.75, 3.05) is 0 Å². The Kier molecular flexibility index (Phi) is 4.73. The third kappa shape index (κ3) is 3.24. The molecule has 1 aliphatic rings. The van der Waals surface area contributed by atoms with Gasteiger partial charge in [0.2, 0.25) is 0 Å². The predicted molar refractivity (Wildman–Crippen MR) is 104 cm³/mol. The number of rotatable bonds is 5. The number of ether oxygens (including phenoxy) is 1. The lowest BCUT2D eigenvalue weighted by Gasteiger charge is -2.13. The van der Waals surface area contributed by atoms with Crippen LogP contribution in [0.5, 0.6) is 5.75 Å². The van der Waals surface area contributed by atoms with Crippen LogP contribution in [-0.4, -0.2) is 0 Å². The molecule has 0 saturated carbocycles. The second kappa shape index (κ2) is 7.16. The molecule has 3 nitrogen and oxygen atoms in total. The summed E-state index contributed by atoms with van der Waals surface area (Å²) in [7, 11) is 0. The zero-order chi connectivity index (χ0) is 18.1. The van der Waals surface area contributed by atoms with Gasteiger partial charge < -0.3 is 9.15 Å². The molecule has 0 spiro atoms. The van der Waals surface area contributed by atoms with Gasteiger partial charge in [-0.1, -0.05) is 37.1 Å². The first-order chi connectivity index (χ1) is 12.7. The van der Waals surface area contributed by atoms with Crippen molar-refractivity contribution < 1.29 is 9.15 Å². The number of benzene rings is 2. The van der Waals surface area contributed by atoms with Crippen molar-refractivity contribution >= 4 is 22.6 Å². The molecular weight excluding hydrogens is 348 g/mol. The predicted octanol–water partition coefficient (Wildman–Crippen LogP) is 5.47. The Morgan fingerprint density at radius 3 is 2.73 bits per heavy atom. The summed E-state index contributed by atoms with van der Waals surface area (Å²) in [5.41, 5.74) is 3.71. The molecule has 0 saturated heterocycles. The first-order valence-electron chi connectivity index (χ1n) is 9.14. The van der Waals surface area contributed by atoms with Gasteiger partial charge in [-0.25, -0.2) is 0 Å². The van der Waals surface area contributed by atoms with Crippen LogP contribution in [0.3, 0.4) is 0 Å². The van der Waals surface area contributed by atoms with Gasteiger partial charge in [0.15, 0.2) is 5.43 Å². The van der Waals surface area contributed by atoms with Gasteiger partial charge in [-0.2, -0.15) is 0 Å². The Hall–Kier alpha value is -2.26. The second-order valence-corrected chi connectivity index (χ2v) is 7.24. The Labute approximate surface area is 157 Å². The summed E-state index contributed by atoms with van der Waals surface area (Å²) in [6.45, 7) is 2.58. The fourth-order valence-electron chi connectivity index (χ4n) is 3.57. The minimum absolute atomic E-state index is 0.125. The smallest absolute Gasteiger partial charge is 0.196 e. The molecule has 134 valence electrons. The largest absolute Gasteiger partial charge is 0.488 e. The van der Waals surface area contributed by atoms with Crippen LogP contribution in [0.15, 0.2) is 45.6 Å². The molecule has 26 heavy (non-hydrogen) atoms. The summed E-state index contributed by atoms with van der Waals surface area (Å²) in [5.74, 6) is 1.63. The fourth-order valence-corrected chi connectivity index (χ4v) is 3.70. The molecule has 0 atom stereocenters. The van der Waals surface area contributed by atoms with Crippen molar-refractivity contribution in [1.82, 2.24) is 0 Å². The average Bonchev–Trinajstić information content (AvgIpc) is 3.11. The zero-order valence-corrected chi connectivity index (χ0v) is 15.6. The summed E-state index contributed by atoms with van der Waals surface area (Å²) in [4.78, 5) is 12.8. The van der Waals surface area contributed by atoms with Gasteiger partial charge >= 0.3 is 0 Å². The molecule has 1 aliphatic carbocycles. The Morgan fingerprint density at radius 2 is 1.96 bits per heavy atom. The van der Waals surface area contributed by atoms with Crippen LogP contribution in [0.2, 0.25) is 5.02 Å². The highest BCUT2D eigenvalue weighted by molar-refractivity contribution is 6.30. The van der Waals surface area contributed by atoms with E-state index in [1.807, 2.05) is 36.4 Å². The zero-order valence-electron chi connectivity index (χ0n) is 14.8. The van der Waals surface area contributed by atoms with E-state index in [-0.39, 0.29) is 5.43 Å². The average molecular weight is 369 g/mol. The SMILES string of the molecule is CCCc1cc2c(=O)c3c(oc2cc1OCc1ccc(Cl)cc1)CCC3. The van der Waals surface area contributed by atoms with Crippen LogP contribution in [0.1, 0.15) is 42.2 Å². The maximum Gasteiger partial charge on any atom is 0.196 e. The molecule has 0 amide bonds. The second-order valence-electron chi connectivity index (χ2n) is 6.81. The van der Waals surface area contributed by atoms with E-state index in [1.54, 1.807) is 0 Å². The van der Waals surface area contributed by atoms with Crippen molar-refractivity contribution in [1.29, 1.82) is 0 Å². The Balaban J connectivity index is 1.72. The van der Waals surface area contributed by atoms with E-state index >= 15 is 0 Å². The van der Waals surface area contributed by atoms with Crippen molar-refractivity contribution in [3.05, 3.63) is 74.1 Å². The summed E-state index contributed by atoms with van der Waals surface area (Å²) >= 11 is 5.94. The molecule has 4 heteroatoms. The topological polar surface area (TPSA) is 39.4 Å². The first kappa shape index (κ1) is 17.2. The molecule has 0 bridgehead atoms. The highest BCUT2D eigenvalue weighted by atomic mass is 35.5. The summed E-state index contributed by atoms with van der Waals surface area (Å²) < 4.78 is 12.1. The minimum Gasteiger partial charge on any atom is -0.488 e. The maximum absolute atomic E-state index is 12.8. The minimum atomic E-state index is 0.125. The third-order valence-electron chi connectivity index (χ3n) is 4.91. The van der Waals surface area contributed by atoms with E-state index in [9.17, 15) is 4.79 Å². The maximum atomic E-state index is 12.8. The molecule has 0 N–H and O–H groups in total. The van der Waals surface area contributed by atoms with Crippen LogP contribution in [0, 0.1) is 0 Å². The highest BCUT2D eigenvalue weighted by Gasteiger charge is 2.20. The lowest BCUT2D eigenvalue weighted by molar-refractivity contribution is 0.302. The van der Waals surface area contributed by atoms with Crippen LogP contribution in [0.4, 0.5) is 0 Å². The molecule has 1 aromatic heterocycles. The monoisotopic (exact) mass is 368 g/mol. The van der Waals surface area contributed by atoms with Crippen LogP contribution < -0.4 is 10.2 Å². The molecule has 2 aromatic carbocycles. The molecule has 1 heterocycles. The van der Waals surface area contributed by atoms with Crippen LogP contribution in [-0.2, 0) is 25.9 Å². The van der Waals surface area contributed by atoms with E-state index in [0.29, 0.717) is 22.6 Å². The van der Waals surface area contributed by atoms with Gasteiger partial charge in [-0.15, -0.1) is 0 Å². The molecule has 0 fully saturated rings. The lowest BCUT2D eigenvalue weighted by Crippen LogP contribution is -2.09. The Bertz CT molecular complexity index is 1000. The van der Waals surface area contributed by atoms with Crippen LogP contribution >= 0.6 is 11.6 Å². The van der Waals surface area contributed by atoms with Crippen molar-refractivity contribution in [3.8, 4) is 5.75 Å². The standard InChI is InChI=1S/C22H21ClO3/c1-2-4-15-11-18-21(26-19-6-3-5-17(19)22(18)24)12-20(15)25-13-14-7-9-16(23)10-8-14/h7-12H,2-6,13H2,1H3. The van der Waals surface area contributed by atoms with Gasteiger partial charge in [0.1, 0.15) is 23.7 Å². The van der Waals surface area contributed by atoms with Crippen molar-refractivity contribution in [3.63, 3.8) is 0 Å². The fraction of sp³-hybridized carbons (Fsp3) is 0.318. The Morgan fingerprint density at radius 1 is 1.15 bits per heavy atom. The van der Waals surface area contributed by atoms with Crippen molar-refractivity contribution in [2.24, 2.45) is 0 Å². The first-order valence-corrected chi connectivity index (χ1v) is 9.52. The van der Waals surface area contributed by atoms with E-state index in [0.717, 1.165) is 60.3 Å². The molecule has 4 rings (SSSR count). The summed E-state index contributed by atoms with van der Waals surface area (Å²) in [6.07, 6.45) is 4.51. The van der Waals surface area contributed by atoms with Gasteiger partial charge in [0, 0.05) is 23.1 Å². The quantitative estimate of drug-likeness (QED) is 0.599. The van der Waals surface area contributed by atoms with Gasteiger partial charge in [-0.05, 0) is 48.6 Å². The number of hydrogen-bond acceptors (Lipinski definition) is 3. The number of fused-ring (bicyclic) bond motifs is 2. The van der Waals surface area contributed by atoms with Gasteiger partial charge in [0.25, 0.3) is 0 Å². The van der Waals surface area contributed by atoms with Gasteiger partial charge in [-0.3, -0.25) is 4.79 Å². The van der Waals surface area contributed by atoms with Gasteiger partial charge in [0.05, 0.1) is 5.39 Å². The molecule has 0 unspecified atom stereocenters. The molecular formula is C22H21ClO3. The lowest BCUT2D eigenvalue weighted by atomic mass is 10.0. The molecule has 3 aromatic rings. The number of hydrogen-bond donors (Lipinski definition) is 0. The third-order valence-corrected chi connectivity index (χ3v) is 5.16. The van der Waals surface area contributed by atoms with Crippen LogP contribution in [0.25, 0.3) is 11.0 Å². The summed E-state index contributed by atoms with van der Waals surface area (Å²) in [6, 6.07) is 11.5. The number of halogens is 1. The number of aryl methyl sites for hydroxylation is 2. The summed E-state index contributed by atoms with van der Waals surface area (Å²) in [5, 5.41) is 1.38. The normalized spacial score (nSPS) is 13.2. The van der Waals surface area contributed by atoms with E-state index in [1.165, 1.54) is 0 Å². The van der Waals surface area contributed by atoms with E-state index in [2.05, 4.69) is 6.92 Å². The molecule has 0 aliphatic heterocycles. The van der Waals surface area contributed by atoms with Crippen molar-refractivity contribution in [2.45, 2.75) is 45.6 Å². The molecule has 0 radical (unpaired) electrons. The highest BCUT2D eigenvalue weighted by Crippen LogP contribution is 2.30.